The van der Waals surface area contributed by atoms with Crippen LogP contribution in [0.5, 0.6) is 5.75 Å². The maximum Gasteiger partial charge on any atom is 0.329 e. The van der Waals surface area contributed by atoms with E-state index in [1.54, 1.807) is 12.1 Å². The maximum absolute atomic E-state index is 12.3. The molecule has 0 atom stereocenters. The number of rotatable bonds is 6. The molecule has 7 heteroatoms. The van der Waals surface area contributed by atoms with Crippen molar-refractivity contribution in [2.45, 2.75) is 6.61 Å². The van der Waals surface area contributed by atoms with Crippen molar-refractivity contribution >= 4 is 52.0 Å². The van der Waals surface area contributed by atoms with Crippen LogP contribution in [0.2, 0.25) is 10.0 Å². The Labute approximate surface area is 189 Å². The number of fused-ring (bicyclic) bond motifs is 1. The highest BCUT2D eigenvalue weighted by Crippen LogP contribution is 2.36. The molecule has 1 aliphatic rings. The summed E-state index contributed by atoms with van der Waals surface area (Å²) in [6.07, 6.45) is 3.01. The first-order valence-corrected chi connectivity index (χ1v) is 10.3. The number of carbonyl (C=O) groups is 2. The molecule has 0 spiro atoms. The molecule has 1 heterocycles. The highest BCUT2D eigenvalue weighted by Gasteiger charge is 2.32. The standard InChI is InChI=1S/C24H18Cl2N2O3/c1-2-10-28-23(29)21(27-24(28)30)13-15-11-19(25)22(20(26)12-15)31-14-17-8-5-7-16-6-3-4-9-18(16)17/h2-9,11-13H,1,10,14H2,(H,27,30)/b21-13+. The van der Waals surface area contributed by atoms with E-state index in [9.17, 15) is 9.59 Å². The van der Waals surface area contributed by atoms with E-state index in [-0.39, 0.29) is 12.2 Å². The van der Waals surface area contributed by atoms with Crippen molar-refractivity contribution in [3.63, 3.8) is 0 Å². The van der Waals surface area contributed by atoms with Crippen molar-refractivity contribution in [1.82, 2.24) is 10.2 Å². The number of halogens is 2. The SMILES string of the molecule is C=CCN1C(=O)N/C(=C/c2cc(Cl)c(OCc3cccc4ccccc34)c(Cl)c2)C1=O. The first kappa shape index (κ1) is 21.0. The molecule has 0 radical (unpaired) electrons. The minimum atomic E-state index is -0.497. The molecule has 0 unspecified atom stereocenters. The van der Waals surface area contributed by atoms with E-state index in [0.717, 1.165) is 21.2 Å². The molecule has 1 saturated heterocycles. The number of nitrogens with zero attached hydrogens (tertiary/aromatic N) is 1. The van der Waals surface area contributed by atoms with Crippen LogP contribution in [0.15, 0.2) is 72.9 Å². The fraction of sp³-hybridized carbons (Fsp3) is 0.0833. The Morgan fingerprint density at radius 3 is 2.48 bits per heavy atom. The lowest BCUT2D eigenvalue weighted by atomic mass is 10.1. The van der Waals surface area contributed by atoms with Crippen LogP contribution < -0.4 is 10.1 Å². The summed E-state index contributed by atoms with van der Waals surface area (Å²) in [5.74, 6) is -0.0816. The minimum absolute atomic E-state index is 0.129. The molecule has 1 fully saturated rings. The van der Waals surface area contributed by atoms with E-state index >= 15 is 0 Å². The topological polar surface area (TPSA) is 58.6 Å². The second-order valence-electron chi connectivity index (χ2n) is 6.93. The zero-order valence-electron chi connectivity index (χ0n) is 16.4. The Morgan fingerprint density at radius 2 is 1.74 bits per heavy atom. The number of hydrogen-bond acceptors (Lipinski definition) is 3. The van der Waals surface area contributed by atoms with Gasteiger partial charge in [0.05, 0.1) is 10.0 Å². The van der Waals surface area contributed by atoms with E-state index in [1.165, 1.54) is 12.2 Å². The maximum atomic E-state index is 12.3. The molecule has 3 aromatic carbocycles. The highest BCUT2D eigenvalue weighted by molar-refractivity contribution is 6.37. The number of hydrogen-bond donors (Lipinski definition) is 1. The largest absolute Gasteiger partial charge is 0.486 e. The average molecular weight is 453 g/mol. The number of amides is 3. The van der Waals surface area contributed by atoms with E-state index in [1.807, 2.05) is 42.5 Å². The van der Waals surface area contributed by atoms with Crippen LogP contribution in [0.25, 0.3) is 16.8 Å². The number of imide groups is 1. The van der Waals surface area contributed by atoms with E-state index in [0.29, 0.717) is 28.0 Å². The lowest BCUT2D eigenvalue weighted by molar-refractivity contribution is -0.122. The van der Waals surface area contributed by atoms with Crippen LogP contribution in [-0.2, 0) is 11.4 Å². The molecule has 0 aliphatic carbocycles. The molecule has 31 heavy (non-hydrogen) atoms. The van der Waals surface area contributed by atoms with Gasteiger partial charge in [-0.3, -0.25) is 9.69 Å². The summed E-state index contributed by atoms with van der Waals surface area (Å²) in [5, 5.41) is 5.36. The third-order valence-corrected chi connectivity index (χ3v) is 5.42. The Kier molecular flexibility index (Phi) is 5.98. The lowest BCUT2D eigenvalue weighted by Gasteiger charge is -2.13. The van der Waals surface area contributed by atoms with Gasteiger partial charge in [-0.2, -0.15) is 0 Å². The smallest absolute Gasteiger partial charge is 0.329 e. The Morgan fingerprint density at radius 1 is 1.03 bits per heavy atom. The van der Waals surface area contributed by atoms with Gasteiger partial charge in [-0.05, 0) is 40.1 Å². The zero-order valence-corrected chi connectivity index (χ0v) is 17.9. The molecule has 156 valence electrons. The zero-order chi connectivity index (χ0) is 22.0. The van der Waals surface area contributed by atoms with Gasteiger partial charge in [-0.1, -0.05) is 71.7 Å². The van der Waals surface area contributed by atoms with E-state index in [2.05, 4.69) is 11.9 Å². The molecule has 3 amide bonds. The van der Waals surface area contributed by atoms with Crippen molar-refractivity contribution in [1.29, 1.82) is 0 Å². The van der Waals surface area contributed by atoms with Gasteiger partial charge < -0.3 is 10.1 Å². The van der Waals surface area contributed by atoms with E-state index in [4.69, 9.17) is 27.9 Å². The summed E-state index contributed by atoms with van der Waals surface area (Å²) in [5.41, 5.74) is 1.72. The van der Waals surface area contributed by atoms with Gasteiger partial charge in [0.15, 0.2) is 5.75 Å². The van der Waals surface area contributed by atoms with Gasteiger partial charge in [0.25, 0.3) is 5.91 Å². The second-order valence-corrected chi connectivity index (χ2v) is 7.75. The molecule has 3 aromatic rings. The van der Waals surface area contributed by atoms with Gasteiger partial charge in [0, 0.05) is 6.54 Å². The van der Waals surface area contributed by atoms with Crippen molar-refractivity contribution in [3.05, 3.63) is 94.1 Å². The highest BCUT2D eigenvalue weighted by atomic mass is 35.5. The van der Waals surface area contributed by atoms with Crippen LogP contribution in [0.3, 0.4) is 0 Å². The Hall–Kier alpha value is -3.28. The van der Waals surface area contributed by atoms with Crippen molar-refractivity contribution < 1.29 is 14.3 Å². The molecule has 5 nitrogen and oxygen atoms in total. The van der Waals surface area contributed by atoms with Gasteiger partial charge in [0.1, 0.15) is 12.3 Å². The summed E-state index contributed by atoms with van der Waals surface area (Å²) < 4.78 is 5.93. The quantitative estimate of drug-likeness (QED) is 0.291. The van der Waals surface area contributed by atoms with Crippen LogP contribution in [-0.4, -0.2) is 23.4 Å². The first-order chi connectivity index (χ1) is 15.0. The molecule has 1 N–H and O–H groups in total. The molecule has 4 rings (SSSR count). The number of ether oxygens (including phenoxy) is 1. The van der Waals surface area contributed by atoms with Crippen molar-refractivity contribution in [2.75, 3.05) is 6.54 Å². The van der Waals surface area contributed by atoms with Crippen molar-refractivity contribution in [3.8, 4) is 5.75 Å². The fourth-order valence-corrected chi connectivity index (χ4v) is 4.02. The summed E-state index contributed by atoms with van der Waals surface area (Å²) >= 11 is 12.8. The number of urea groups is 1. The minimum Gasteiger partial charge on any atom is -0.486 e. The van der Waals surface area contributed by atoms with Gasteiger partial charge in [0.2, 0.25) is 0 Å². The predicted octanol–water partition coefficient (Wildman–Crippen LogP) is 5.80. The third-order valence-electron chi connectivity index (χ3n) is 4.86. The van der Waals surface area contributed by atoms with Crippen LogP contribution >= 0.6 is 23.2 Å². The molecule has 0 bridgehead atoms. The van der Waals surface area contributed by atoms with Crippen LogP contribution in [0.1, 0.15) is 11.1 Å². The third kappa shape index (κ3) is 4.29. The summed E-state index contributed by atoms with van der Waals surface area (Å²) in [4.78, 5) is 25.3. The van der Waals surface area contributed by atoms with Crippen LogP contribution in [0, 0.1) is 0 Å². The molecule has 0 saturated carbocycles. The Balaban J connectivity index is 1.56. The fourth-order valence-electron chi connectivity index (χ4n) is 3.40. The molecule has 1 aliphatic heterocycles. The second kappa shape index (κ2) is 8.84. The molecular weight excluding hydrogens is 435 g/mol. The number of nitrogens with one attached hydrogen (secondary N) is 1. The Bertz CT molecular complexity index is 1210. The van der Waals surface area contributed by atoms with Gasteiger partial charge in [-0.15, -0.1) is 6.58 Å². The summed E-state index contributed by atoms with van der Waals surface area (Å²) in [6, 6.07) is 16.8. The normalized spacial score (nSPS) is 14.9. The number of benzene rings is 3. The number of carbonyl (C=O) groups excluding carboxylic acids is 2. The summed E-state index contributed by atoms with van der Waals surface area (Å²) in [6.45, 7) is 3.98. The van der Waals surface area contributed by atoms with Gasteiger partial charge >= 0.3 is 6.03 Å². The van der Waals surface area contributed by atoms with Gasteiger partial charge in [-0.25, -0.2) is 4.79 Å². The van der Waals surface area contributed by atoms with Crippen LogP contribution in [0.4, 0.5) is 4.79 Å². The lowest BCUT2D eigenvalue weighted by Crippen LogP contribution is -2.30. The van der Waals surface area contributed by atoms with E-state index < -0.39 is 11.9 Å². The average Bonchev–Trinajstić information content (AvgIpc) is 3.01. The van der Waals surface area contributed by atoms with Crippen molar-refractivity contribution in [2.24, 2.45) is 0 Å². The monoisotopic (exact) mass is 452 g/mol. The molecule has 0 aromatic heterocycles. The summed E-state index contributed by atoms with van der Waals surface area (Å²) in [7, 11) is 0. The first-order valence-electron chi connectivity index (χ1n) is 9.52. The predicted molar refractivity (Wildman–Crippen MR) is 123 cm³/mol. The molecular formula is C24H18Cl2N2O3.